The summed E-state index contributed by atoms with van der Waals surface area (Å²) in [5.41, 5.74) is 3.20. The third kappa shape index (κ3) is 3.66. The van der Waals surface area contributed by atoms with E-state index in [0.717, 1.165) is 13.0 Å². The molecule has 1 aliphatic rings. The maximum absolute atomic E-state index is 12.7. The molecule has 0 radical (unpaired) electrons. The normalized spacial score (nSPS) is 16.2. The van der Waals surface area contributed by atoms with Gasteiger partial charge >= 0.3 is 5.97 Å². The van der Waals surface area contributed by atoms with E-state index in [2.05, 4.69) is 50.6 Å². The molecule has 7 heteroatoms. The van der Waals surface area contributed by atoms with Crippen molar-refractivity contribution in [2.45, 2.75) is 19.0 Å². The number of ether oxygens (including phenoxy) is 1. The Labute approximate surface area is 183 Å². The molecule has 1 N–H and O–H groups in total. The van der Waals surface area contributed by atoms with Crippen molar-refractivity contribution < 1.29 is 9.53 Å². The minimum absolute atomic E-state index is 0.110. The Bertz CT molecular complexity index is 1310. The molecule has 3 heterocycles. The lowest BCUT2D eigenvalue weighted by Crippen LogP contribution is -2.36. The van der Waals surface area contributed by atoms with Gasteiger partial charge in [-0.1, -0.05) is 30.3 Å². The van der Waals surface area contributed by atoms with Gasteiger partial charge in [0.05, 0.1) is 36.2 Å². The van der Waals surface area contributed by atoms with Crippen LogP contribution in [0.5, 0.6) is 0 Å². The van der Waals surface area contributed by atoms with E-state index in [9.17, 15) is 9.59 Å². The zero-order valence-electron chi connectivity index (χ0n) is 17.0. The van der Waals surface area contributed by atoms with Crippen LogP contribution in [0.4, 0.5) is 0 Å². The lowest BCUT2D eigenvalue weighted by atomic mass is 9.93. The van der Waals surface area contributed by atoms with Crippen LogP contribution in [-0.4, -0.2) is 34.5 Å². The van der Waals surface area contributed by atoms with Crippen molar-refractivity contribution >= 4 is 28.2 Å². The highest BCUT2D eigenvalue weighted by Crippen LogP contribution is 2.38. The van der Waals surface area contributed by atoms with Crippen LogP contribution in [0.2, 0.25) is 0 Å². The molecule has 31 heavy (non-hydrogen) atoms. The molecule has 1 unspecified atom stereocenters. The number of aromatic amines is 1. The number of carbonyl (C=O) groups is 1. The number of carbonyl (C=O) groups excluding carboxylic acids is 1. The van der Waals surface area contributed by atoms with Crippen LogP contribution in [0.1, 0.15) is 38.2 Å². The van der Waals surface area contributed by atoms with Gasteiger partial charge in [0, 0.05) is 11.4 Å². The fraction of sp³-hybridized carbons (Fsp3) is 0.208. The minimum Gasteiger partial charge on any atom is -0.465 e. The molecule has 0 bridgehead atoms. The first-order chi connectivity index (χ1) is 15.1. The molecule has 5 rings (SSSR count). The summed E-state index contributed by atoms with van der Waals surface area (Å²) in [5, 5.41) is 2.60. The molecule has 6 nitrogen and oxygen atoms in total. The molecular weight excluding hydrogens is 410 g/mol. The first-order valence-corrected chi connectivity index (χ1v) is 11.0. The highest BCUT2D eigenvalue weighted by molar-refractivity contribution is 7.10. The van der Waals surface area contributed by atoms with Crippen LogP contribution in [0.3, 0.4) is 0 Å². The number of benzene rings is 2. The van der Waals surface area contributed by atoms with E-state index in [-0.39, 0.29) is 11.6 Å². The number of rotatable bonds is 4. The smallest absolute Gasteiger partial charge is 0.337 e. The van der Waals surface area contributed by atoms with Gasteiger partial charge in [-0.2, -0.15) is 0 Å². The molecule has 2 aromatic heterocycles. The number of nitrogens with zero attached hydrogens (tertiary/aromatic N) is 2. The number of hydrogen-bond acceptors (Lipinski definition) is 6. The van der Waals surface area contributed by atoms with Crippen LogP contribution in [-0.2, 0) is 17.7 Å². The largest absolute Gasteiger partial charge is 0.465 e. The summed E-state index contributed by atoms with van der Waals surface area (Å²) in [7, 11) is 1.34. The maximum atomic E-state index is 12.7. The molecule has 2 aromatic carbocycles. The predicted molar refractivity (Wildman–Crippen MR) is 120 cm³/mol. The summed E-state index contributed by atoms with van der Waals surface area (Å²) < 4.78 is 4.80. The van der Waals surface area contributed by atoms with E-state index in [1.54, 1.807) is 29.5 Å². The van der Waals surface area contributed by atoms with Crippen molar-refractivity contribution in [2.75, 3.05) is 13.7 Å². The third-order valence-corrected chi connectivity index (χ3v) is 6.71. The van der Waals surface area contributed by atoms with Gasteiger partial charge in [-0.05, 0) is 47.2 Å². The van der Waals surface area contributed by atoms with E-state index in [1.165, 1.54) is 23.1 Å². The Kier molecular flexibility index (Phi) is 5.13. The third-order valence-electron chi connectivity index (χ3n) is 5.71. The number of hydrogen-bond donors (Lipinski definition) is 1. The van der Waals surface area contributed by atoms with Crippen LogP contribution in [0, 0.1) is 0 Å². The molecule has 4 aromatic rings. The fourth-order valence-electron chi connectivity index (χ4n) is 4.26. The second kappa shape index (κ2) is 8.09. The Morgan fingerprint density at radius 1 is 1.23 bits per heavy atom. The average Bonchev–Trinajstić information content (AvgIpc) is 3.27. The van der Waals surface area contributed by atoms with Gasteiger partial charge in [-0.15, -0.1) is 11.3 Å². The molecule has 0 amide bonds. The number of methoxy groups -OCH3 is 1. The van der Waals surface area contributed by atoms with Crippen LogP contribution in [0.25, 0.3) is 10.9 Å². The first kappa shape index (κ1) is 19.7. The van der Waals surface area contributed by atoms with E-state index < -0.39 is 5.97 Å². The Morgan fingerprint density at radius 3 is 2.87 bits per heavy atom. The lowest BCUT2D eigenvalue weighted by Gasteiger charge is -2.36. The van der Waals surface area contributed by atoms with E-state index in [4.69, 9.17) is 4.74 Å². The van der Waals surface area contributed by atoms with Crippen LogP contribution >= 0.6 is 11.3 Å². The summed E-state index contributed by atoms with van der Waals surface area (Å²) in [4.78, 5) is 35.9. The Hall–Kier alpha value is -3.29. The van der Waals surface area contributed by atoms with Crippen molar-refractivity contribution in [3.05, 3.63) is 97.7 Å². The molecule has 0 spiro atoms. The SMILES string of the molecule is COC(=O)c1ccc2c(=O)[nH]c(CN3CCc4sccc4C3c3ccccc3)nc2c1. The fourth-order valence-corrected chi connectivity index (χ4v) is 5.17. The number of nitrogens with one attached hydrogen (secondary N) is 1. The van der Waals surface area contributed by atoms with Gasteiger partial charge in [-0.25, -0.2) is 9.78 Å². The highest BCUT2D eigenvalue weighted by Gasteiger charge is 2.30. The van der Waals surface area contributed by atoms with Crippen molar-refractivity contribution in [3.63, 3.8) is 0 Å². The average molecular weight is 432 g/mol. The second-order valence-electron chi connectivity index (χ2n) is 7.57. The summed E-state index contributed by atoms with van der Waals surface area (Å²) in [6, 6.07) is 17.5. The number of aromatic nitrogens is 2. The van der Waals surface area contributed by atoms with Gasteiger partial charge in [0.25, 0.3) is 5.56 Å². The van der Waals surface area contributed by atoms with E-state index >= 15 is 0 Å². The molecule has 0 aliphatic carbocycles. The van der Waals surface area contributed by atoms with Gasteiger partial charge in [0.2, 0.25) is 0 Å². The monoisotopic (exact) mass is 431 g/mol. The summed E-state index contributed by atoms with van der Waals surface area (Å²) >= 11 is 1.80. The van der Waals surface area contributed by atoms with Gasteiger partial charge in [0.1, 0.15) is 5.82 Å². The van der Waals surface area contributed by atoms with Crippen molar-refractivity contribution in [1.82, 2.24) is 14.9 Å². The second-order valence-corrected chi connectivity index (χ2v) is 8.57. The standard InChI is InChI=1S/C24H21N3O3S/c1-30-24(29)16-7-8-17-19(13-16)25-21(26-23(17)28)14-27-11-9-20-18(10-12-31-20)22(27)15-5-3-2-4-6-15/h2-8,10,12-13,22H,9,11,14H2,1H3,(H,25,26,28). The zero-order valence-corrected chi connectivity index (χ0v) is 17.8. The van der Waals surface area contributed by atoms with Gasteiger partial charge < -0.3 is 9.72 Å². The molecule has 0 saturated heterocycles. The predicted octanol–water partition coefficient (Wildman–Crippen LogP) is 3.92. The van der Waals surface area contributed by atoms with Gasteiger partial charge in [-0.3, -0.25) is 9.69 Å². The topological polar surface area (TPSA) is 75.3 Å². The quantitative estimate of drug-likeness (QED) is 0.496. The van der Waals surface area contributed by atoms with Crippen molar-refractivity contribution in [2.24, 2.45) is 0 Å². The Morgan fingerprint density at radius 2 is 2.06 bits per heavy atom. The van der Waals surface area contributed by atoms with E-state index in [1.807, 2.05) is 6.07 Å². The minimum atomic E-state index is -0.448. The molecule has 0 saturated carbocycles. The first-order valence-electron chi connectivity index (χ1n) is 10.1. The molecule has 1 aliphatic heterocycles. The van der Waals surface area contributed by atoms with E-state index in [0.29, 0.717) is 28.8 Å². The highest BCUT2D eigenvalue weighted by atomic mass is 32.1. The summed E-state index contributed by atoms with van der Waals surface area (Å²) in [5.74, 6) is 0.134. The maximum Gasteiger partial charge on any atom is 0.337 e. The number of H-pyrrole nitrogens is 1. The van der Waals surface area contributed by atoms with Crippen LogP contribution < -0.4 is 5.56 Å². The summed E-state index contributed by atoms with van der Waals surface area (Å²) in [6.07, 6.45) is 0.973. The lowest BCUT2D eigenvalue weighted by molar-refractivity contribution is 0.0601. The molecule has 0 fully saturated rings. The number of esters is 1. The van der Waals surface area contributed by atoms with Gasteiger partial charge in [0.15, 0.2) is 0 Å². The number of fused-ring (bicyclic) bond motifs is 2. The number of thiophene rings is 1. The molecule has 1 atom stereocenters. The zero-order chi connectivity index (χ0) is 21.4. The van der Waals surface area contributed by atoms with Crippen molar-refractivity contribution in [1.29, 1.82) is 0 Å². The summed E-state index contributed by atoms with van der Waals surface area (Å²) in [6.45, 7) is 1.37. The van der Waals surface area contributed by atoms with Crippen LogP contribution in [0.15, 0.2) is 64.8 Å². The molecule has 156 valence electrons. The van der Waals surface area contributed by atoms with Crippen molar-refractivity contribution in [3.8, 4) is 0 Å². The molecular formula is C24H21N3O3S. The Balaban J connectivity index is 1.53.